The van der Waals surface area contributed by atoms with Crippen LogP contribution in [-0.4, -0.2) is 12.8 Å². The minimum Gasteiger partial charge on any atom is -0.370 e. The first-order valence-corrected chi connectivity index (χ1v) is 6.69. The molecule has 0 heterocycles. The van der Waals surface area contributed by atoms with Gasteiger partial charge in [0.15, 0.2) is 5.78 Å². The molecule has 0 spiro atoms. The van der Waals surface area contributed by atoms with Crippen LogP contribution in [0, 0.1) is 5.82 Å². The summed E-state index contributed by atoms with van der Waals surface area (Å²) in [5, 5.41) is 0. The lowest BCUT2D eigenvalue weighted by molar-refractivity contribution is 0.0988. The van der Waals surface area contributed by atoms with Gasteiger partial charge in [0.1, 0.15) is 5.82 Å². The third kappa shape index (κ3) is 3.23. The van der Waals surface area contributed by atoms with Crippen LogP contribution in [0.2, 0.25) is 0 Å². The van der Waals surface area contributed by atoms with E-state index in [9.17, 15) is 9.18 Å². The van der Waals surface area contributed by atoms with Gasteiger partial charge in [0.25, 0.3) is 0 Å². The van der Waals surface area contributed by atoms with Crippen molar-refractivity contribution in [3.8, 4) is 0 Å². The molecule has 104 valence electrons. The van der Waals surface area contributed by atoms with Crippen LogP contribution in [0.5, 0.6) is 0 Å². The van der Waals surface area contributed by atoms with E-state index in [1.807, 2.05) is 49.2 Å². The van der Waals surface area contributed by atoms with E-state index in [0.29, 0.717) is 18.5 Å². The van der Waals surface area contributed by atoms with Crippen LogP contribution in [0.4, 0.5) is 10.1 Å². The molecule has 0 bridgehead atoms. The van der Waals surface area contributed by atoms with Crippen molar-refractivity contribution in [3.63, 3.8) is 0 Å². The van der Waals surface area contributed by atoms with Crippen LogP contribution in [0.1, 0.15) is 29.3 Å². The minimum absolute atomic E-state index is 0.117. The molecule has 0 unspecified atom stereocenters. The van der Waals surface area contributed by atoms with Crippen LogP contribution in [0.15, 0.2) is 48.5 Å². The smallest absolute Gasteiger partial charge is 0.164 e. The molecule has 0 saturated carbocycles. The summed E-state index contributed by atoms with van der Waals surface area (Å²) in [7, 11) is 1.91. The summed E-state index contributed by atoms with van der Waals surface area (Å²) in [6.07, 6.45) is 0.477. The molecule has 0 amide bonds. The number of hydrogen-bond donors (Lipinski definition) is 0. The Hall–Kier alpha value is -2.16. The van der Waals surface area contributed by atoms with Gasteiger partial charge in [0.05, 0.1) is 0 Å². The number of benzene rings is 2. The maximum atomic E-state index is 13.2. The molecule has 0 aliphatic heterocycles. The van der Waals surface area contributed by atoms with E-state index in [2.05, 4.69) is 0 Å². The van der Waals surface area contributed by atoms with Crippen molar-refractivity contribution in [2.45, 2.75) is 19.9 Å². The quantitative estimate of drug-likeness (QED) is 0.764. The van der Waals surface area contributed by atoms with E-state index in [0.717, 1.165) is 11.3 Å². The zero-order valence-corrected chi connectivity index (χ0v) is 11.8. The van der Waals surface area contributed by atoms with Gasteiger partial charge in [0, 0.05) is 31.3 Å². The van der Waals surface area contributed by atoms with Gasteiger partial charge in [-0.3, -0.25) is 4.79 Å². The molecule has 2 nitrogen and oxygen atoms in total. The predicted molar refractivity (Wildman–Crippen MR) is 79.6 cm³/mol. The van der Waals surface area contributed by atoms with E-state index in [1.165, 1.54) is 12.1 Å². The highest BCUT2D eigenvalue weighted by Crippen LogP contribution is 2.22. The summed E-state index contributed by atoms with van der Waals surface area (Å²) in [6.45, 7) is 2.41. The Labute approximate surface area is 118 Å². The molecular formula is C17H18FNO. The lowest BCUT2D eigenvalue weighted by Gasteiger charge is -2.22. The van der Waals surface area contributed by atoms with Crippen molar-refractivity contribution in [2.75, 3.05) is 11.9 Å². The van der Waals surface area contributed by atoms with Gasteiger partial charge in [-0.05, 0) is 29.8 Å². The molecule has 0 N–H and O–H groups in total. The second-order valence-electron chi connectivity index (χ2n) is 4.78. The molecular weight excluding hydrogens is 253 g/mol. The fourth-order valence-corrected chi connectivity index (χ4v) is 2.23. The standard InChI is InChI=1S/C17H18FNO/c1-3-17(20)15-9-4-5-10-16(15)19(2)12-13-7-6-8-14(18)11-13/h4-11H,3,12H2,1-2H3. The zero-order chi connectivity index (χ0) is 14.5. The number of Topliss-reactive ketones (excluding diaryl/α,β-unsaturated/α-hetero) is 1. The lowest BCUT2D eigenvalue weighted by atomic mass is 10.1. The second kappa shape index (κ2) is 6.33. The molecule has 2 aromatic carbocycles. The van der Waals surface area contributed by atoms with Crippen LogP contribution < -0.4 is 4.90 Å². The Balaban J connectivity index is 2.25. The molecule has 0 radical (unpaired) electrons. The van der Waals surface area contributed by atoms with Gasteiger partial charge < -0.3 is 4.90 Å². The zero-order valence-electron chi connectivity index (χ0n) is 11.8. The average molecular weight is 271 g/mol. The minimum atomic E-state index is -0.242. The topological polar surface area (TPSA) is 20.3 Å². The average Bonchev–Trinajstić information content (AvgIpc) is 2.46. The van der Waals surface area contributed by atoms with Crippen molar-refractivity contribution >= 4 is 11.5 Å². The lowest BCUT2D eigenvalue weighted by Crippen LogP contribution is -2.19. The molecule has 3 heteroatoms. The van der Waals surface area contributed by atoms with Crippen molar-refractivity contribution in [1.82, 2.24) is 0 Å². The molecule has 0 atom stereocenters. The molecule has 0 fully saturated rings. The Morgan fingerprint density at radius 1 is 1.15 bits per heavy atom. The first-order chi connectivity index (χ1) is 9.61. The molecule has 2 aromatic rings. The highest BCUT2D eigenvalue weighted by molar-refractivity contribution is 6.01. The second-order valence-corrected chi connectivity index (χ2v) is 4.78. The number of nitrogens with zero attached hydrogens (tertiary/aromatic N) is 1. The Kier molecular flexibility index (Phi) is 4.51. The van der Waals surface area contributed by atoms with Crippen LogP contribution >= 0.6 is 0 Å². The van der Waals surface area contributed by atoms with E-state index < -0.39 is 0 Å². The predicted octanol–water partition coefficient (Wildman–Crippen LogP) is 4.05. The summed E-state index contributed by atoms with van der Waals surface area (Å²) in [6, 6.07) is 14.0. The maximum absolute atomic E-state index is 13.2. The number of carbonyl (C=O) groups is 1. The van der Waals surface area contributed by atoms with Crippen LogP contribution in [0.3, 0.4) is 0 Å². The fourth-order valence-electron chi connectivity index (χ4n) is 2.23. The summed E-state index contributed by atoms with van der Waals surface area (Å²) < 4.78 is 13.2. The van der Waals surface area contributed by atoms with E-state index in [4.69, 9.17) is 0 Å². The normalized spacial score (nSPS) is 10.3. The van der Waals surface area contributed by atoms with E-state index in [-0.39, 0.29) is 11.6 Å². The number of hydrogen-bond acceptors (Lipinski definition) is 2. The number of ketones is 1. The van der Waals surface area contributed by atoms with Gasteiger partial charge >= 0.3 is 0 Å². The first-order valence-electron chi connectivity index (χ1n) is 6.69. The molecule has 0 aliphatic rings. The molecule has 0 aliphatic carbocycles. The van der Waals surface area contributed by atoms with Crippen LogP contribution in [-0.2, 0) is 6.54 Å². The van der Waals surface area contributed by atoms with Gasteiger partial charge in [-0.2, -0.15) is 0 Å². The number of halogens is 1. The maximum Gasteiger partial charge on any atom is 0.164 e. The van der Waals surface area contributed by atoms with Crippen LogP contribution in [0.25, 0.3) is 0 Å². The fraction of sp³-hybridized carbons (Fsp3) is 0.235. The highest BCUT2D eigenvalue weighted by Gasteiger charge is 2.12. The third-order valence-corrected chi connectivity index (χ3v) is 3.25. The molecule has 20 heavy (non-hydrogen) atoms. The van der Waals surface area contributed by atoms with E-state index >= 15 is 0 Å². The van der Waals surface area contributed by atoms with Gasteiger partial charge in [0.2, 0.25) is 0 Å². The first kappa shape index (κ1) is 14.3. The Bertz CT molecular complexity index is 609. The number of rotatable bonds is 5. The van der Waals surface area contributed by atoms with Gasteiger partial charge in [-0.1, -0.05) is 31.2 Å². The number of anilines is 1. The van der Waals surface area contributed by atoms with Gasteiger partial charge in [-0.25, -0.2) is 4.39 Å². The number of carbonyl (C=O) groups excluding carboxylic acids is 1. The monoisotopic (exact) mass is 271 g/mol. The number of para-hydroxylation sites is 1. The molecule has 0 aromatic heterocycles. The van der Waals surface area contributed by atoms with Crippen molar-refractivity contribution in [2.24, 2.45) is 0 Å². The molecule has 2 rings (SSSR count). The van der Waals surface area contributed by atoms with Crippen molar-refractivity contribution in [3.05, 3.63) is 65.5 Å². The largest absolute Gasteiger partial charge is 0.370 e. The SMILES string of the molecule is CCC(=O)c1ccccc1N(C)Cc1cccc(F)c1. The Morgan fingerprint density at radius 2 is 1.90 bits per heavy atom. The Morgan fingerprint density at radius 3 is 2.60 bits per heavy atom. The van der Waals surface area contributed by atoms with Crippen molar-refractivity contribution in [1.29, 1.82) is 0 Å². The van der Waals surface area contributed by atoms with E-state index in [1.54, 1.807) is 6.07 Å². The summed E-state index contributed by atoms with van der Waals surface area (Å²) in [4.78, 5) is 13.9. The summed E-state index contributed by atoms with van der Waals surface area (Å²) in [5.41, 5.74) is 2.48. The summed E-state index contributed by atoms with van der Waals surface area (Å²) in [5.74, 6) is -0.125. The summed E-state index contributed by atoms with van der Waals surface area (Å²) >= 11 is 0. The third-order valence-electron chi connectivity index (χ3n) is 3.25. The highest BCUT2D eigenvalue weighted by atomic mass is 19.1. The van der Waals surface area contributed by atoms with Crippen molar-refractivity contribution < 1.29 is 9.18 Å². The van der Waals surface area contributed by atoms with Gasteiger partial charge in [-0.15, -0.1) is 0 Å². The molecule has 0 saturated heterocycles.